The highest BCUT2D eigenvalue weighted by Crippen LogP contribution is 2.25. The van der Waals surface area contributed by atoms with E-state index in [-0.39, 0.29) is 5.91 Å². The Morgan fingerprint density at radius 1 is 1.40 bits per heavy atom. The van der Waals surface area contributed by atoms with Crippen LogP contribution in [0.3, 0.4) is 0 Å². The highest BCUT2D eigenvalue weighted by Gasteiger charge is 2.17. The lowest BCUT2D eigenvalue weighted by Gasteiger charge is -2.22. The van der Waals surface area contributed by atoms with E-state index in [1.165, 1.54) is 0 Å². The monoisotopic (exact) mass is 214 g/mol. The second-order valence-electron chi connectivity index (χ2n) is 5.57. The molecular weight excluding hydrogens is 188 g/mol. The van der Waals surface area contributed by atoms with E-state index in [1.54, 1.807) is 0 Å². The van der Waals surface area contributed by atoms with Crippen LogP contribution in [0, 0.1) is 11.3 Å². The van der Waals surface area contributed by atoms with Crippen molar-refractivity contribution in [2.45, 2.75) is 47.0 Å². The molecule has 15 heavy (non-hydrogen) atoms. The van der Waals surface area contributed by atoms with Crippen LogP contribution < -0.4 is 11.1 Å². The van der Waals surface area contributed by atoms with Gasteiger partial charge in [0, 0.05) is 13.0 Å². The van der Waals surface area contributed by atoms with Gasteiger partial charge in [0.25, 0.3) is 0 Å². The summed E-state index contributed by atoms with van der Waals surface area (Å²) in [5.41, 5.74) is 5.65. The van der Waals surface area contributed by atoms with Gasteiger partial charge in [0.2, 0.25) is 5.91 Å². The van der Waals surface area contributed by atoms with E-state index in [1.807, 2.05) is 0 Å². The molecule has 0 rings (SSSR count). The van der Waals surface area contributed by atoms with Crippen LogP contribution in [0.4, 0.5) is 0 Å². The maximum atomic E-state index is 11.5. The zero-order chi connectivity index (χ0) is 11.9. The first-order valence-corrected chi connectivity index (χ1v) is 5.82. The van der Waals surface area contributed by atoms with Crippen molar-refractivity contribution >= 4 is 5.91 Å². The molecule has 0 bridgehead atoms. The van der Waals surface area contributed by atoms with Crippen molar-refractivity contribution in [2.24, 2.45) is 17.1 Å². The Hall–Kier alpha value is -0.570. The molecule has 1 atom stereocenters. The minimum Gasteiger partial charge on any atom is -0.356 e. The van der Waals surface area contributed by atoms with Crippen molar-refractivity contribution in [3.8, 4) is 0 Å². The van der Waals surface area contributed by atoms with E-state index in [2.05, 4.69) is 33.0 Å². The van der Waals surface area contributed by atoms with Crippen molar-refractivity contribution in [1.82, 2.24) is 5.32 Å². The summed E-state index contributed by atoms with van der Waals surface area (Å²) in [6, 6.07) is 0. The van der Waals surface area contributed by atoms with Crippen LogP contribution in [0.5, 0.6) is 0 Å². The Labute approximate surface area is 93.8 Å². The maximum absolute atomic E-state index is 11.5. The average Bonchev–Trinajstić information content (AvgIpc) is 2.00. The zero-order valence-electron chi connectivity index (χ0n) is 10.6. The molecule has 0 heterocycles. The quantitative estimate of drug-likeness (QED) is 0.664. The van der Waals surface area contributed by atoms with Gasteiger partial charge >= 0.3 is 0 Å². The van der Waals surface area contributed by atoms with E-state index >= 15 is 0 Å². The van der Waals surface area contributed by atoms with Gasteiger partial charge in [0.1, 0.15) is 0 Å². The molecule has 90 valence electrons. The van der Waals surface area contributed by atoms with Gasteiger partial charge in [0.05, 0.1) is 0 Å². The first-order chi connectivity index (χ1) is 6.85. The van der Waals surface area contributed by atoms with E-state index in [0.717, 1.165) is 12.8 Å². The van der Waals surface area contributed by atoms with Crippen LogP contribution in [0.1, 0.15) is 47.0 Å². The van der Waals surface area contributed by atoms with Gasteiger partial charge in [-0.15, -0.1) is 0 Å². The van der Waals surface area contributed by atoms with E-state index in [9.17, 15) is 4.79 Å². The first kappa shape index (κ1) is 14.4. The predicted octanol–water partition coefficient (Wildman–Crippen LogP) is 1.91. The van der Waals surface area contributed by atoms with Gasteiger partial charge in [0.15, 0.2) is 0 Å². The SMILES string of the molecule is CC(CC(=O)NCCCN)CC(C)(C)C. The van der Waals surface area contributed by atoms with Gasteiger partial charge in [-0.2, -0.15) is 0 Å². The van der Waals surface area contributed by atoms with Crippen molar-refractivity contribution < 1.29 is 4.79 Å². The van der Waals surface area contributed by atoms with E-state index in [4.69, 9.17) is 5.73 Å². The molecule has 0 aliphatic rings. The molecular formula is C12H26N2O. The summed E-state index contributed by atoms with van der Waals surface area (Å²) >= 11 is 0. The summed E-state index contributed by atoms with van der Waals surface area (Å²) < 4.78 is 0. The van der Waals surface area contributed by atoms with Crippen LogP contribution in [0.2, 0.25) is 0 Å². The summed E-state index contributed by atoms with van der Waals surface area (Å²) in [6.45, 7) is 10.1. The lowest BCUT2D eigenvalue weighted by atomic mass is 9.84. The van der Waals surface area contributed by atoms with Gasteiger partial charge in [-0.05, 0) is 30.7 Å². The van der Waals surface area contributed by atoms with Gasteiger partial charge < -0.3 is 11.1 Å². The number of nitrogens with one attached hydrogen (secondary N) is 1. The molecule has 3 heteroatoms. The third-order valence-corrected chi connectivity index (χ3v) is 2.20. The Bertz CT molecular complexity index is 185. The summed E-state index contributed by atoms with van der Waals surface area (Å²) in [4.78, 5) is 11.5. The minimum absolute atomic E-state index is 0.153. The van der Waals surface area contributed by atoms with Crippen molar-refractivity contribution in [2.75, 3.05) is 13.1 Å². The lowest BCUT2D eigenvalue weighted by Crippen LogP contribution is -2.28. The van der Waals surface area contributed by atoms with Crippen LogP contribution in [-0.2, 0) is 4.79 Å². The first-order valence-electron chi connectivity index (χ1n) is 5.82. The number of rotatable bonds is 6. The van der Waals surface area contributed by atoms with Gasteiger partial charge in [-0.1, -0.05) is 27.7 Å². The summed E-state index contributed by atoms with van der Waals surface area (Å²) in [7, 11) is 0. The van der Waals surface area contributed by atoms with E-state index < -0.39 is 0 Å². The molecule has 0 aromatic carbocycles. The zero-order valence-corrected chi connectivity index (χ0v) is 10.6. The van der Waals surface area contributed by atoms with Gasteiger partial charge in [-0.25, -0.2) is 0 Å². The topological polar surface area (TPSA) is 55.1 Å². The molecule has 0 aliphatic heterocycles. The summed E-state index contributed by atoms with van der Waals surface area (Å²) in [5.74, 6) is 0.600. The lowest BCUT2D eigenvalue weighted by molar-refractivity contribution is -0.122. The standard InChI is InChI=1S/C12H26N2O/c1-10(9-12(2,3)4)8-11(15)14-7-5-6-13/h10H,5-9,13H2,1-4H3,(H,14,15). The molecule has 0 radical (unpaired) electrons. The van der Waals surface area contributed by atoms with Crippen molar-refractivity contribution in [3.63, 3.8) is 0 Å². The fourth-order valence-electron chi connectivity index (χ4n) is 1.84. The molecule has 3 nitrogen and oxygen atoms in total. The molecule has 0 aromatic rings. The van der Waals surface area contributed by atoms with Crippen molar-refractivity contribution in [3.05, 3.63) is 0 Å². The molecule has 0 fully saturated rings. The average molecular weight is 214 g/mol. The number of hydrogen-bond donors (Lipinski definition) is 2. The number of amides is 1. The third kappa shape index (κ3) is 9.73. The number of nitrogens with two attached hydrogens (primary N) is 1. The number of carbonyl (C=O) groups is 1. The van der Waals surface area contributed by atoms with Gasteiger partial charge in [-0.3, -0.25) is 4.79 Å². The largest absolute Gasteiger partial charge is 0.356 e. The molecule has 0 spiro atoms. The van der Waals surface area contributed by atoms with Crippen LogP contribution in [0.25, 0.3) is 0 Å². The molecule has 1 amide bonds. The predicted molar refractivity (Wildman–Crippen MR) is 64.5 cm³/mol. The fourth-order valence-corrected chi connectivity index (χ4v) is 1.84. The number of hydrogen-bond acceptors (Lipinski definition) is 2. The Morgan fingerprint density at radius 3 is 2.47 bits per heavy atom. The molecule has 0 aliphatic carbocycles. The molecule has 1 unspecified atom stereocenters. The molecule has 0 aromatic heterocycles. The Kier molecular flexibility index (Phi) is 6.57. The summed E-state index contributed by atoms with van der Waals surface area (Å²) in [6.07, 6.45) is 2.57. The second-order valence-corrected chi connectivity index (χ2v) is 5.57. The van der Waals surface area contributed by atoms with Crippen LogP contribution in [0.15, 0.2) is 0 Å². The number of carbonyl (C=O) groups excluding carboxylic acids is 1. The fraction of sp³-hybridized carbons (Fsp3) is 0.917. The van der Waals surface area contributed by atoms with Crippen LogP contribution >= 0.6 is 0 Å². The molecule has 3 N–H and O–H groups in total. The molecule has 0 saturated heterocycles. The maximum Gasteiger partial charge on any atom is 0.220 e. The Morgan fingerprint density at radius 2 is 2.00 bits per heavy atom. The smallest absolute Gasteiger partial charge is 0.220 e. The minimum atomic E-state index is 0.153. The summed E-state index contributed by atoms with van der Waals surface area (Å²) in [5, 5.41) is 2.88. The second kappa shape index (κ2) is 6.83. The van der Waals surface area contributed by atoms with E-state index in [0.29, 0.717) is 30.8 Å². The molecule has 0 saturated carbocycles. The normalized spacial score (nSPS) is 13.7. The van der Waals surface area contributed by atoms with Crippen molar-refractivity contribution in [1.29, 1.82) is 0 Å². The Balaban J connectivity index is 3.67. The highest BCUT2D eigenvalue weighted by molar-refractivity contribution is 5.76. The third-order valence-electron chi connectivity index (χ3n) is 2.20. The highest BCUT2D eigenvalue weighted by atomic mass is 16.1. The van der Waals surface area contributed by atoms with Crippen LogP contribution in [-0.4, -0.2) is 19.0 Å².